The maximum Gasteiger partial charge on any atom is 0.272 e. The fourth-order valence-corrected chi connectivity index (χ4v) is 7.13. The van der Waals surface area contributed by atoms with Gasteiger partial charge >= 0.3 is 0 Å². The van der Waals surface area contributed by atoms with Crippen molar-refractivity contribution in [2.45, 2.75) is 22.2 Å². The SMILES string of the molecule is O=[N+]([O-])C12C3C4([N+](=O)[O-])C1C1([N+](=O)[O-])C2C3([N+](=O)[O-])C41. The first-order valence-corrected chi connectivity index (χ1v) is 5.82. The van der Waals surface area contributed by atoms with Crippen LogP contribution in [0.4, 0.5) is 0 Å². The van der Waals surface area contributed by atoms with Crippen LogP contribution in [-0.2, 0) is 0 Å². The molecule has 0 aliphatic heterocycles. The molecule has 0 unspecified atom stereocenters. The number of nitro groups is 4. The minimum absolute atomic E-state index is 0.756. The molecule has 0 saturated heterocycles. The van der Waals surface area contributed by atoms with Crippen molar-refractivity contribution in [3.05, 3.63) is 40.5 Å². The standard InChI is InChI=1S/C8H4N4O8/c13-9(14)5-1-6(10(15)16)2(5)8(12(19)20)3(5)7(1,4(6)8)11(17)18/h1-4H. The van der Waals surface area contributed by atoms with Crippen LogP contribution < -0.4 is 0 Å². The van der Waals surface area contributed by atoms with Gasteiger partial charge in [-0.3, -0.25) is 40.5 Å². The van der Waals surface area contributed by atoms with E-state index in [0.29, 0.717) is 0 Å². The summed E-state index contributed by atoms with van der Waals surface area (Å²) >= 11 is 0. The van der Waals surface area contributed by atoms with Crippen LogP contribution in [-0.4, -0.2) is 41.8 Å². The summed E-state index contributed by atoms with van der Waals surface area (Å²) in [5.41, 5.74) is -7.21. The Balaban J connectivity index is 1.76. The summed E-state index contributed by atoms with van der Waals surface area (Å²) in [6, 6.07) is 0. The summed E-state index contributed by atoms with van der Waals surface area (Å²) in [7, 11) is 0. The fraction of sp³-hybridized carbons (Fsp3) is 1.00. The van der Waals surface area contributed by atoms with Gasteiger partial charge in [-0.15, -0.1) is 0 Å². The molecule has 6 aliphatic carbocycles. The van der Waals surface area contributed by atoms with Crippen molar-refractivity contribution in [1.29, 1.82) is 0 Å². The molecule has 6 saturated carbocycles. The Morgan fingerprint density at radius 1 is 0.500 bits per heavy atom. The molecule has 104 valence electrons. The molecule has 0 aromatic carbocycles. The first-order valence-electron chi connectivity index (χ1n) is 5.82. The third-order valence-corrected chi connectivity index (χ3v) is 6.81. The third kappa shape index (κ3) is 0.380. The van der Waals surface area contributed by atoms with Gasteiger partial charge in [-0.1, -0.05) is 0 Å². The number of hydrogen-bond acceptors (Lipinski definition) is 8. The predicted octanol–water partition coefficient (Wildman–Crippen LogP) is -1.42. The maximum atomic E-state index is 11.2. The van der Waals surface area contributed by atoms with Crippen LogP contribution in [0.2, 0.25) is 0 Å². The molecule has 0 spiro atoms. The lowest BCUT2D eigenvalue weighted by atomic mass is 8.91. The molecular formula is C8H4N4O8. The molecule has 20 heavy (non-hydrogen) atoms. The lowest BCUT2D eigenvalue weighted by Crippen LogP contribution is -3.31. The molecule has 6 rings (SSSR count). The van der Waals surface area contributed by atoms with E-state index in [1.165, 1.54) is 0 Å². The van der Waals surface area contributed by atoms with Gasteiger partial charge in [-0.25, -0.2) is 0 Å². The van der Waals surface area contributed by atoms with E-state index >= 15 is 0 Å². The normalized spacial score (nSPS) is 64.4. The van der Waals surface area contributed by atoms with E-state index < -0.39 is 65.5 Å². The number of nitrogens with zero attached hydrogens (tertiary/aromatic N) is 4. The molecule has 12 heteroatoms. The zero-order chi connectivity index (χ0) is 14.6. The summed E-state index contributed by atoms with van der Waals surface area (Å²) in [6.07, 6.45) is 0. The van der Waals surface area contributed by atoms with Crippen LogP contribution in [0.15, 0.2) is 0 Å². The molecule has 0 bridgehead atoms. The van der Waals surface area contributed by atoms with Crippen molar-refractivity contribution in [2.24, 2.45) is 23.7 Å². The third-order valence-electron chi connectivity index (χ3n) is 6.81. The van der Waals surface area contributed by atoms with Gasteiger partial charge < -0.3 is 0 Å². The lowest BCUT2D eigenvalue weighted by molar-refractivity contribution is -0.992. The summed E-state index contributed by atoms with van der Waals surface area (Å²) in [4.78, 5) is 41.8. The van der Waals surface area contributed by atoms with Gasteiger partial charge in [0, 0.05) is 19.7 Å². The van der Waals surface area contributed by atoms with Crippen LogP contribution in [0.3, 0.4) is 0 Å². The van der Waals surface area contributed by atoms with Crippen LogP contribution in [0.25, 0.3) is 0 Å². The highest BCUT2D eigenvalue weighted by molar-refractivity contribution is 5.70. The monoisotopic (exact) mass is 284 g/mol. The van der Waals surface area contributed by atoms with E-state index in [-0.39, 0.29) is 0 Å². The van der Waals surface area contributed by atoms with Gasteiger partial charge in [0.05, 0.1) is 0 Å². The molecule has 6 aliphatic rings. The van der Waals surface area contributed by atoms with Gasteiger partial charge in [0.15, 0.2) is 23.7 Å². The highest BCUT2D eigenvalue weighted by atomic mass is 16.7. The molecule has 0 heterocycles. The predicted molar refractivity (Wildman–Crippen MR) is 52.9 cm³/mol. The zero-order valence-electron chi connectivity index (χ0n) is 9.36. The van der Waals surface area contributed by atoms with Crippen LogP contribution in [0.5, 0.6) is 0 Å². The van der Waals surface area contributed by atoms with Crippen molar-refractivity contribution in [3.8, 4) is 0 Å². The summed E-state index contributed by atoms with van der Waals surface area (Å²) in [5.74, 6) is -5.15. The Labute approximate surface area is 107 Å². The first-order chi connectivity index (χ1) is 9.24. The maximum absolute atomic E-state index is 11.2. The minimum Gasteiger partial charge on any atom is -0.264 e. The summed E-state index contributed by atoms with van der Waals surface area (Å²) in [6.45, 7) is 0. The highest BCUT2D eigenvalue weighted by Gasteiger charge is 3.41. The molecule has 0 amide bonds. The molecule has 0 N–H and O–H groups in total. The van der Waals surface area contributed by atoms with Gasteiger partial charge in [-0.05, 0) is 0 Å². The molecule has 0 aromatic heterocycles. The van der Waals surface area contributed by atoms with E-state index in [0.717, 1.165) is 0 Å². The highest BCUT2D eigenvalue weighted by Crippen LogP contribution is 3.08. The van der Waals surface area contributed by atoms with Crippen molar-refractivity contribution < 1.29 is 19.7 Å². The molecule has 0 aromatic rings. The second kappa shape index (κ2) is 1.94. The minimum atomic E-state index is -1.80. The first kappa shape index (κ1) is 10.4. The summed E-state index contributed by atoms with van der Waals surface area (Å²) in [5, 5.41) is 44.9. The molecule has 12 nitrogen and oxygen atoms in total. The summed E-state index contributed by atoms with van der Waals surface area (Å²) < 4.78 is 0. The van der Waals surface area contributed by atoms with E-state index in [4.69, 9.17) is 0 Å². The largest absolute Gasteiger partial charge is 0.272 e. The average molecular weight is 284 g/mol. The molecule has 6 fully saturated rings. The fourth-order valence-electron chi connectivity index (χ4n) is 7.13. The Morgan fingerprint density at radius 3 is 0.750 bits per heavy atom. The average Bonchev–Trinajstić information content (AvgIpc) is 2.35. The van der Waals surface area contributed by atoms with Gasteiger partial charge in [0.25, 0.3) is 22.2 Å². The Hall–Kier alpha value is -2.40. The Morgan fingerprint density at radius 2 is 0.650 bits per heavy atom. The van der Waals surface area contributed by atoms with Crippen LogP contribution in [0.1, 0.15) is 0 Å². The Kier molecular flexibility index (Phi) is 1.01. The van der Waals surface area contributed by atoms with Crippen LogP contribution in [0, 0.1) is 64.1 Å². The smallest absolute Gasteiger partial charge is 0.264 e. The lowest BCUT2D eigenvalue weighted by Gasteiger charge is -2.98. The second-order valence-corrected chi connectivity index (χ2v) is 6.31. The van der Waals surface area contributed by atoms with E-state index in [9.17, 15) is 40.5 Å². The molecule has 0 atom stereocenters. The van der Waals surface area contributed by atoms with Crippen molar-refractivity contribution >= 4 is 0 Å². The van der Waals surface area contributed by atoms with E-state index in [1.54, 1.807) is 0 Å². The topological polar surface area (TPSA) is 173 Å². The van der Waals surface area contributed by atoms with E-state index in [2.05, 4.69) is 0 Å². The number of hydrogen-bond donors (Lipinski definition) is 0. The van der Waals surface area contributed by atoms with Crippen LogP contribution >= 0.6 is 0 Å². The molecule has 0 radical (unpaired) electrons. The van der Waals surface area contributed by atoms with Crippen molar-refractivity contribution in [3.63, 3.8) is 0 Å². The van der Waals surface area contributed by atoms with Gasteiger partial charge in [0.2, 0.25) is 0 Å². The Bertz CT molecular complexity index is 546. The van der Waals surface area contributed by atoms with Crippen molar-refractivity contribution in [2.75, 3.05) is 0 Å². The molecular weight excluding hydrogens is 280 g/mol. The number of rotatable bonds is 4. The van der Waals surface area contributed by atoms with Gasteiger partial charge in [0.1, 0.15) is 0 Å². The second-order valence-electron chi connectivity index (χ2n) is 6.31. The zero-order valence-corrected chi connectivity index (χ0v) is 9.36. The quantitative estimate of drug-likeness (QED) is 0.446. The van der Waals surface area contributed by atoms with Crippen molar-refractivity contribution in [1.82, 2.24) is 0 Å². The van der Waals surface area contributed by atoms with E-state index in [1.807, 2.05) is 0 Å². The van der Waals surface area contributed by atoms with Gasteiger partial charge in [-0.2, -0.15) is 0 Å².